The van der Waals surface area contributed by atoms with Crippen molar-refractivity contribution in [1.29, 1.82) is 0 Å². The molecule has 58 valence electrons. The second kappa shape index (κ2) is 5.03. The lowest BCUT2D eigenvalue weighted by atomic mass is 10.2. The van der Waals surface area contributed by atoms with Crippen molar-refractivity contribution in [3.8, 4) is 0 Å². The molecule has 0 spiro atoms. The third-order valence-electron chi connectivity index (χ3n) is 1.22. The highest BCUT2D eigenvalue weighted by atomic mass is 16.5. The first-order chi connectivity index (χ1) is 4.70. The fourth-order valence-corrected chi connectivity index (χ4v) is 0.542. The second-order valence-corrected chi connectivity index (χ2v) is 2.12. The van der Waals surface area contributed by atoms with E-state index in [1.165, 1.54) is 0 Å². The molecule has 0 bridgehead atoms. The molecule has 0 fully saturated rings. The molecule has 0 saturated carbocycles. The summed E-state index contributed by atoms with van der Waals surface area (Å²) < 4.78 is 4.73. The first kappa shape index (κ1) is 9.21. The number of hydrogen-bond acceptors (Lipinski definition) is 2. The van der Waals surface area contributed by atoms with Crippen LogP contribution in [0.4, 0.5) is 0 Å². The summed E-state index contributed by atoms with van der Waals surface area (Å²) in [5.41, 5.74) is 1.05. The number of ether oxygens (including phenoxy) is 1. The maximum atomic E-state index is 10.7. The highest BCUT2D eigenvalue weighted by Gasteiger charge is 2.00. The van der Waals surface area contributed by atoms with Crippen LogP contribution in [-0.4, -0.2) is 12.6 Å². The molecule has 0 aliphatic carbocycles. The fraction of sp³-hybridized carbons (Fsp3) is 0.625. The molecule has 2 heteroatoms. The van der Waals surface area contributed by atoms with Crippen molar-refractivity contribution in [1.82, 2.24) is 0 Å². The average Bonchev–Trinajstić information content (AvgIpc) is 1.88. The van der Waals surface area contributed by atoms with Gasteiger partial charge in [0.05, 0.1) is 13.0 Å². The molecule has 0 rings (SSSR count). The molecule has 0 saturated heterocycles. The Kier molecular flexibility index (Phi) is 4.63. The lowest BCUT2D eigenvalue weighted by Crippen LogP contribution is -2.03. The van der Waals surface area contributed by atoms with Crippen LogP contribution in [0, 0.1) is 0 Å². The summed E-state index contributed by atoms with van der Waals surface area (Å²) in [6.07, 6.45) is 2.33. The van der Waals surface area contributed by atoms with Crippen LogP contribution >= 0.6 is 0 Å². The van der Waals surface area contributed by atoms with Gasteiger partial charge in [0.2, 0.25) is 0 Å². The van der Waals surface area contributed by atoms with E-state index in [-0.39, 0.29) is 5.97 Å². The van der Waals surface area contributed by atoms with E-state index in [9.17, 15) is 4.79 Å². The molecule has 0 atom stereocenters. The van der Waals surface area contributed by atoms with E-state index < -0.39 is 0 Å². The Morgan fingerprint density at radius 1 is 1.60 bits per heavy atom. The molecule has 0 radical (unpaired) electrons. The number of carbonyl (C=O) groups excluding carboxylic acids is 1. The van der Waals surface area contributed by atoms with Gasteiger partial charge in [0.1, 0.15) is 0 Å². The minimum Gasteiger partial charge on any atom is -0.466 e. The van der Waals surface area contributed by atoms with Gasteiger partial charge in [0, 0.05) is 0 Å². The fourth-order valence-electron chi connectivity index (χ4n) is 0.542. The summed E-state index contributed by atoms with van der Waals surface area (Å²) in [7, 11) is 0. The van der Waals surface area contributed by atoms with E-state index in [1.54, 1.807) is 0 Å². The number of rotatable bonds is 3. The van der Waals surface area contributed by atoms with Gasteiger partial charge in [-0.2, -0.15) is 0 Å². The Bertz CT molecular complexity index is 136. The lowest BCUT2D eigenvalue weighted by molar-refractivity contribution is -0.142. The quantitative estimate of drug-likeness (QED) is 0.444. The third kappa shape index (κ3) is 4.13. The van der Waals surface area contributed by atoms with E-state index in [4.69, 9.17) is 4.74 Å². The van der Waals surface area contributed by atoms with Crippen LogP contribution in [0.1, 0.15) is 27.2 Å². The van der Waals surface area contributed by atoms with Gasteiger partial charge in [-0.3, -0.25) is 4.79 Å². The highest BCUT2D eigenvalue weighted by Crippen LogP contribution is 1.99. The Labute approximate surface area is 61.9 Å². The Hall–Kier alpha value is -0.790. The largest absolute Gasteiger partial charge is 0.466 e. The normalized spacial score (nSPS) is 11.3. The zero-order chi connectivity index (χ0) is 7.98. The van der Waals surface area contributed by atoms with E-state index in [0.29, 0.717) is 13.0 Å². The molecule has 10 heavy (non-hydrogen) atoms. The zero-order valence-corrected chi connectivity index (χ0v) is 6.81. The number of carbonyl (C=O) groups is 1. The van der Waals surface area contributed by atoms with Crippen molar-refractivity contribution in [2.75, 3.05) is 6.61 Å². The molecule has 0 amide bonds. The molecule has 0 unspecified atom stereocenters. The van der Waals surface area contributed by atoms with Gasteiger partial charge in [-0.15, -0.1) is 0 Å². The number of hydrogen-bond donors (Lipinski definition) is 0. The molecular formula is C8H14O2. The highest BCUT2D eigenvalue weighted by molar-refractivity contribution is 5.72. The molecule has 0 aromatic heterocycles. The molecule has 0 aromatic rings. The van der Waals surface area contributed by atoms with Crippen molar-refractivity contribution in [3.05, 3.63) is 11.6 Å². The van der Waals surface area contributed by atoms with Crippen molar-refractivity contribution in [2.24, 2.45) is 0 Å². The second-order valence-electron chi connectivity index (χ2n) is 2.12. The minimum absolute atomic E-state index is 0.141. The molecule has 0 N–H and O–H groups in total. The first-order valence-electron chi connectivity index (χ1n) is 3.48. The lowest BCUT2D eigenvalue weighted by Gasteiger charge is -1.99. The number of esters is 1. The van der Waals surface area contributed by atoms with Crippen LogP contribution in [0.15, 0.2) is 11.6 Å². The molecule has 0 aromatic carbocycles. The summed E-state index contributed by atoms with van der Waals surface area (Å²) in [4.78, 5) is 10.7. The maximum Gasteiger partial charge on any atom is 0.309 e. The van der Waals surface area contributed by atoms with Crippen molar-refractivity contribution < 1.29 is 9.53 Å². The third-order valence-corrected chi connectivity index (χ3v) is 1.22. The van der Waals surface area contributed by atoms with Crippen LogP contribution < -0.4 is 0 Å². The maximum absolute atomic E-state index is 10.7. The van der Waals surface area contributed by atoms with Gasteiger partial charge < -0.3 is 4.74 Å². The van der Waals surface area contributed by atoms with Crippen LogP contribution in [0.2, 0.25) is 0 Å². The van der Waals surface area contributed by atoms with Gasteiger partial charge in [0.25, 0.3) is 0 Å². The van der Waals surface area contributed by atoms with E-state index >= 15 is 0 Å². The first-order valence-corrected chi connectivity index (χ1v) is 3.48. The average molecular weight is 142 g/mol. The SMILES string of the molecule is C/C=C(\C)CC(=O)OCC. The summed E-state index contributed by atoms with van der Waals surface area (Å²) in [5.74, 6) is -0.141. The smallest absolute Gasteiger partial charge is 0.309 e. The summed E-state index contributed by atoms with van der Waals surface area (Å²) in [6.45, 7) is 6.10. The van der Waals surface area contributed by atoms with Gasteiger partial charge >= 0.3 is 5.97 Å². The van der Waals surface area contributed by atoms with Crippen LogP contribution in [0.3, 0.4) is 0 Å². The van der Waals surface area contributed by atoms with Crippen molar-refractivity contribution in [3.63, 3.8) is 0 Å². The summed E-state index contributed by atoms with van der Waals surface area (Å²) >= 11 is 0. The van der Waals surface area contributed by atoms with Crippen molar-refractivity contribution >= 4 is 5.97 Å². The van der Waals surface area contributed by atoms with E-state index in [0.717, 1.165) is 5.57 Å². The van der Waals surface area contributed by atoms with Gasteiger partial charge in [-0.1, -0.05) is 11.6 Å². The Morgan fingerprint density at radius 3 is 2.60 bits per heavy atom. The van der Waals surface area contributed by atoms with Gasteiger partial charge in [-0.05, 0) is 20.8 Å². The molecule has 2 nitrogen and oxygen atoms in total. The molecule has 0 aliphatic heterocycles. The summed E-state index contributed by atoms with van der Waals surface area (Å²) in [5, 5.41) is 0. The van der Waals surface area contributed by atoms with E-state index in [2.05, 4.69) is 0 Å². The van der Waals surface area contributed by atoms with Crippen LogP contribution in [0.5, 0.6) is 0 Å². The van der Waals surface area contributed by atoms with Crippen LogP contribution in [0.25, 0.3) is 0 Å². The topological polar surface area (TPSA) is 26.3 Å². The molecular weight excluding hydrogens is 128 g/mol. The standard InChI is InChI=1S/C8H14O2/c1-4-7(3)6-8(9)10-5-2/h4H,5-6H2,1-3H3/b7-4+. The zero-order valence-electron chi connectivity index (χ0n) is 6.81. The Balaban J connectivity index is 3.58. The van der Waals surface area contributed by atoms with E-state index in [1.807, 2.05) is 26.8 Å². The summed E-state index contributed by atoms with van der Waals surface area (Å²) in [6, 6.07) is 0. The molecule has 0 aliphatic rings. The monoisotopic (exact) mass is 142 g/mol. The van der Waals surface area contributed by atoms with Gasteiger partial charge in [-0.25, -0.2) is 0 Å². The van der Waals surface area contributed by atoms with Crippen molar-refractivity contribution in [2.45, 2.75) is 27.2 Å². The van der Waals surface area contributed by atoms with Gasteiger partial charge in [0.15, 0.2) is 0 Å². The van der Waals surface area contributed by atoms with Crippen LogP contribution in [-0.2, 0) is 9.53 Å². The predicted molar refractivity (Wildman–Crippen MR) is 40.7 cm³/mol. The minimum atomic E-state index is -0.141. The predicted octanol–water partition coefficient (Wildman–Crippen LogP) is 1.91. The molecule has 0 heterocycles. The Morgan fingerprint density at radius 2 is 2.20 bits per heavy atom. The number of allylic oxidation sites excluding steroid dienone is 1.